The van der Waals surface area contributed by atoms with Crippen LogP contribution in [0.4, 0.5) is 0 Å². The first-order valence-corrected chi connectivity index (χ1v) is 15.3. The van der Waals surface area contributed by atoms with Crippen LogP contribution in [-0.4, -0.2) is 34.9 Å². The van der Waals surface area contributed by atoms with Crippen LogP contribution in [-0.2, 0) is 0 Å². The molecule has 5 aromatic carbocycles. The van der Waals surface area contributed by atoms with Crippen molar-refractivity contribution in [2.45, 2.75) is 0 Å². The highest BCUT2D eigenvalue weighted by Gasteiger charge is 2.15. The Balaban J connectivity index is 1.12. The van der Waals surface area contributed by atoms with Crippen LogP contribution in [0.15, 0.2) is 149 Å². The molecule has 48 heavy (non-hydrogen) atoms. The molecule has 0 aliphatic rings. The molecular weight excluding hydrogens is 598 g/mol. The van der Waals surface area contributed by atoms with Gasteiger partial charge in [0.1, 0.15) is 17.4 Å². The van der Waals surface area contributed by atoms with E-state index in [9.17, 15) is 0 Å². The summed E-state index contributed by atoms with van der Waals surface area (Å²) in [5.41, 5.74) is 9.20. The molecular formula is C39H23N7O2. The van der Waals surface area contributed by atoms with Crippen LogP contribution in [0.5, 0.6) is 0 Å². The van der Waals surface area contributed by atoms with Gasteiger partial charge in [-0.2, -0.15) is 0 Å². The van der Waals surface area contributed by atoms with Crippen molar-refractivity contribution >= 4 is 22.2 Å². The van der Waals surface area contributed by atoms with Gasteiger partial charge in [0, 0.05) is 45.8 Å². The fourth-order valence-electron chi connectivity index (χ4n) is 5.56. The molecule has 0 aliphatic heterocycles. The highest BCUT2D eigenvalue weighted by atomic mass is 16.4. The number of fused-ring (bicyclic) bond motifs is 2. The lowest BCUT2D eigenvalue weighted by atomic mass is 10.1. The van der Waals surface area contributed by atoms with Crippen LogP contribution in [0.25, 0.3) is 90.4 Å². The summed E-state index contributed by atoms with van der Waals surface area (Å²) in [4.78, 5) is 32.5. The summed E-state index contributed by atoms with van der Waals surface area (Å²) in [5.74, 6) is 2.73. The molecule has 0 bridgehead atoms. The molecule has 226 valence electrons. The van der Waals surface area contributed by atoms with Gasteiger partial charge in [0.2, 0.25) is 11.8 Å². The summed E-state index contributed by atoms with van der Waals surface area (Å²) >= 11 is 0. The molecule has 0 radical (unpaired) electrons. The van der Waals surface area contributed by atoms with Crippen molar-refractivity contribution < 1.29 is 8.83 Å². The third-order valence-electron chi connectivity index (χ3n) is 8.02. The molecule has 9 nitrogen and oxygen atoms in total. The van der Waals surface area contributed by atoms with E-state index in [4.69, 9.17) is 23.8 Å². The molecule has 0 unspecified atom stereocenters. The first-order valence-electron chi connectivity index (χ1n) is 15.3. The zero-order valence-corrected chi connectivity index (χ0v) is 25.2. The van der Waals surface area contributed by atoms with Gasteiger partial charge in [-0.25, -0.2) is 34.9 Å². The second kappa shape index (κ2) is 11.5. The quantitative estimate of drug-likeness (QED) is 0.179. The van der Waals surface area contributed by atoms with Gasteiger partial charge in [0.15, 0.2) is 28.6 Å². The molecule has 0 N–H and O–H groups in total. The van der Waals surface area contributed by atoms with E-state index in [0.717, 1.165) is 61.1 Å². The summed E-state index contributed by atoms with van der Waals surface area (Å²) in [5, 5.41) is 0. The second-order valence-electron chi connectivity index (χ2n) is 11.1. The summed E-state index contributed by atoms with van der Waals surface area (Å²) in [6.07, 6.45) is 5.09. The fourth-order valence-corrected chi connectivity index (χ4v) is 5.56. The van der Waals surface area contributed by atoms with Crippen molar-refractivity contribution in [2.24, 2.45) is 0 Å². The minimum Gasteiger partial charge on any atom is -0.436 e. The van der Waals surface area contributed by atoms with Crippen molar-refractivity contribution in [3.8, 4) is 68.2 Å². The Kier molecular flexibility index (Phi) is 6.57. The topological polar surface area (TPSA) is 117 Å². The second-order valence-corrected chi connectivity index (χ2v) is 11.1. The van der Waals surface area contributed by atoms with Gasteiger partial charge >= 0.3 is 0 Å². The van der Waals surface area contributed by atoms with Crippen LogP contribution in [0, 0.1) is 0 Å². The Labute approximate surface area is 273 Å². The normalized spacial score (nSPS) is 11.3. The van der Waals surface area contributed by atoms with E-state index in [-0.39, 0.29) is 0 Å². The third-order valence-corrected chi connectivity index (χ3v) is 8.02. The third kappa shape index (κ3) is 5.15. The minimum absolute atomic E-state index is 0.538. The lowest BCUT2D eigenvalue weighted by Gasteiger charge is -2.10. The van der Waals surface area contributed by atoms with Crippen molar-refractivity contribution in [3.05, 3.63) is 140 Å². The molecule has 9 heteroatoms. The largest absolute Gasteiger partial charge is 0.436 e. The van der Waals surface area contributed by atoms with Crippen molar-refractivity contribution in [1.29, 1.82) is 0 Å². The molecule has 0 atom stereocenters. The van der Waals surface area contributed by atoms with Gasteiger partial charge in [-0.1, -0.05) is 66.7 Å². The molecule has 9 rings (SSSR count). The van der Waals surface area contributed by atoms with Crippen LogP contribution in [0.3, 0.4) is 0 Å². The molecule has 0 amide bonds. The van der Waals surface area contributed by atoms with Crippen molar-refractivity contribution in [1.82, 2.24) is 34.9 Å². The number of hydrogen-bond acceptors (Lipinski definition) is 9. The van der Waals surface area contributed by atoms with Crippen LogP contribution >= 0.6 is 0 Å². The fraction of sp³-hybridized carbons (Fsp3) is 0. The number of aromatic nitrogens is 7. The highest BCUT2D eigenvalue weighted by Crippen LogP contribution is 2.31. The average molecular weight is 622 g/mol. The smallest absolute Gasteiger partial charge is 0.227 e. The number of rotatable bonds is 6. The summed E-state index contributed by atoms with van der Waals surface area (Å²) in [6.45, 7) is 0. The maximum atomic E-state index is 5.99. The van der Waals surface area contributed by atoms with E-state index in [2.05, 4.69) is 19.9 Å². The number of nitrogens with zero attached hydrogens (tertiary/aromatic N) is 7. The van der Waals surface area contributed by atoms with Crippen LogP contribution in [0.1, 0.15) is 0 Å². The Morgan fingerprint density at radius 1 is 0.354 bits per heavy atom. The predicted molar refractivity (Wildman–Crippen MR) is 183 cm³/mol. The predicted octanol–water partition coefficient (Wildman–Crippen LogP) is 8.95. The first-order chi connectivity index (χ1) is 23.7. The number of hydrogen-bond donors (Lipinski definition) is 0. The average Bonchev–Trinajstić information content (AvgIpc) is 3.80. The Hall–Kier alpha value is -6.87. The number of benzene rings is 5. The maximum Gasteiger partial charge on any atom is 0.227 e. The molecule has 0 saturated carbocycles. The zero-order valence-electron chi connectivity index (χ0n) is 25.2. The molecule has 4 heterocycles. The highest BCUT2D eigenvalue weighted by molar-refractivity contribution is 5.78. The van der Waals surface area contributed by atoms with Gasteiger partial charge in [0.05, 0.1) is 0 Å². The van der Waals surface area contributed by atoms with Gasteiger partial charge in [-0.05, 0) is 60.2 Å². The Bertz CT molecular complexity index is 2360. The summed E-state index contributed by atoms with van der Waals surface area (Å²) < 4.78 is 12.0. The van der Waals surface area contributed by atoms with E-state index in [1.807, 2.05) is 121 Å². The van der Waals surface area contributed by atoms with Gasteiger partial charge in [-0.3, -0.25) is 0 Å². The SMILES string of the molecule is c1cc(-c2cncnc2)cc(-c2nc(-c3ccc(-c4nc5ccccc5o4)cc3)nc(-c3ccc(-c4nc5ccccc5o4)cc3)n2)c1. The van der Waals surface area contributed by atoms with E-state index in [1.165, 1.54) is 6.33 Å². The molecule has 0 fully saturated rings. The molecule has 0 spiro atoms. The van der Waals surface area contributed by atoms with Gasteiger partial charge < -0.3 is 8.83 Å². The van der Waals surface area contributed by atoms with E-state index in [1.54, 1.807) is 12.4 Å². The molecule has 9 aromatic rings. The van der Waals surface area contributed by atoms with E-state index >= 15 is 0 Å². The lowest BCUT2D eigenvalue weighted by Crippen LogP contribution is -2.00. The molecule has 4 aromatic heterocycles. The standard InChI is InChI=1S/C39H23N7O2/c1-3-10-33-31(8-1)42-38(47-33)26-16-12-24(13-17-26)35-44-36(25-14-18-27(19-15-25)39-43-32-9-2-4-11-34(32)48-39)46-37(45-35)29-7-5-6-28(20-29)30-21-40-23-41-22-30/h1-23H. The van der Waals surface area contributed by atoms with Crippen molar-refractivity contribution in [2.75, 3.05) is 0 Å². The Morgan fingerprint density at radius 3 is 1.33 bits per heavy atom. The Morgan fingerprint density at radius 2 is 0.812 bits per heavy atom. The van der Waals surface area contributed by atoms with Crippen LogP contribution in [0.2, 0.25) is 0 Å². The van der Waals surface area contributed by atoms with Crippen molar-refractivity contribution in [3.63, 3.8) is 0 Å². The summed E-state index contributed by atoms with van der Waals surface area (Å²) in [7, 11) is 0. The lowest BCUT2D eigenvalue weighted by molar-refractivity contribution is 0.619. The van der Waals surface area contributed by atoms with Crippen LogP contribution < -0.4 is 0 Å². The number of para-hydroxylation sites is 4. The summed E-state index contributed by atoms with van der Waals surface area (Å²) in [6, 6.07) is 39.2. The van der Waals surface area contributed by atoms with Gasteiger partial charge in [0.25, 0.3) is 0 Å². The minimum atomic E-state index is 0.538. The zero-order chi connectivity index (χ0) is 31.9. The molecule has 0 saturated heterocycles. The van der Waals surface area contributed by atoms with E-state index in [0.29, 0.717) is 29.3 Å². The van der Waals surface area contributed by atoms with Gasteiger partial charge in [-0.15, -0.1) is 0 Å². The maximum absolute atomic E-state index is 5.99. The van der Waals surface area contributed by atoms with E-state index < -0.39 is 0 Å². The monoisotopic (exact) mass is 621 g/mol. The molecule has 0 aliphatic carbocycles. The first kappa shape index (κ1) is 27.4. The number of oxazole rings is 2.